The van der Waals surface area contributed by atoms with Crippen molar-refractivity contribution in [3.05, 3.63) is 63.5 Å². The molecule has 3 aromatic heterocycles. The molecule has 182 valence electrons. The summed E-state index contributed by atoms with van der Waals surface area (Å²) < 4.78 is 4.81. The smallest absolute Gasteiger partial charge is 0.377 e. The van der Waals surface area contributed by atoms with Crippen molar-refractivity contribution < 1.29 is 19.2 Å². The van der Waals surface area contributed by atoms with Gasteiger partial charge >= 0.3 is 11.7 Å². The number of anilines is 2. The highest BCUT2D eigenvalue weighted by atomic mass is 16.5. The van der Waals surface area contributed by atoms with Crippen LogP contribution in [0.25, 0.3) is 11.0 Å². The van der Waals surface area contributed by atoms with Crippen LogP contribution in [-0.2, 0) is 24.1 Å². The number of carbonyl (C=O) groups is 2. The minimum atomic E-state index is -1.20. The monoisotopic (exact) mass is 480 g/mol. The van der Waals surface area contributed by atoms with E-state index in [2.05, 4.69) is 25.3 Å². The number of carboxylic acid groups (broad SMARTS) is 1. The summed E-state index contributed by atoms with van der Waals surface area (Å²) in [5.41, 5.74) is 13.9. The Kier molecular flexibility index (Phi) is 6.76. The number of H-pyrrole nitrogens is 2. The van der Waals surface area contributed by atoms with Crippen molar-refractivity contribution in [3.8, 4) is 0 Å². The summed E-state index contributed by atoms with van der Waals surface area (Å²) in [5, 5.41) is 14.7. The lowest BCUT2D eigenvalue weighted by molar-refractivity contribution is -0.139. The van der Waals surface area contributed by atoms with Gasteiger partial charge in [-0.1, -0.05) is 12.1 Å². The number of aliphatic carboxylic acids is 1. The van der Waals surface area contributed by atoms with Crippen LogP contribution in [0.5, 0.6) is 0 Å². The number of benzene rings is 1. The summed E-state index contributed by atoms with van der Waals surface area (Å²) in [4.78, 5) is 49.8. The maximum atomic E-state index is 12.5. The van der Waals surface area contributed by atoms with Gasteiger partial charge in [-0.15, -0.1) is 0 Å². The highest BCUT2D eigenvalue weighted by Gasteiger charge is 2.21. The Balaban J connectivity index is 1.31. The number of hydrogen-bond donors (Lipinski definition) is 6. The molecule has 0 aliphatic carbocycles. The molecule has 0 unspecified atom stereocenters. The summed E-state index contributed by atoms with van der Waals surface area (Å²) in [6, 6.07) is 5.80. The number of nitrogen functional groups attached to an aromatic ring is 2. The topological polar surface area (TPSA) is 219 Å². The van der Waals surface area contributed by atoms with E-state index in [4.69, 9.17) is 16.0 Å². The number of carboxylic acids is 1. The predicted octanol–water partition coefficient (Wildman–Crippen LogP) is 0.790. The Morgan fingerprint density at radius 1 is 1.09 bits per heavy atom. The van der Waals surface area contributed by atoms with Crippen LogP contribution in [0.15, 0.2) is 39.8 Å². The van der Waals surface area contributed by atoms with Gasteiger partial charge in [0.1, 0.15) is 17.5 Å². The van der Waals surface area contributed by atoms with Crippen molar-refractivity contribution in [2.75, 3.05) is 11.5 Å². The second-order valence-corrected chi connectivity index (χ2v) is 7.97. The van der Waals surface area contributed by atoms with E-state index in [1.54, 1.807) is 12.1 Å². The fourth-order valence-electron chi connectivity index (χ4n) is 3.78. The van der Waals surface area contributed by atoms with E-state index in [9.17, 15) is 19.5 Å². The minimum absolute atomic E-state index is 0.0168. The number of amides is 1. The second-order valence-electron chi connectivity index (χ2n) is 7.97. The van der Waals surface area contributed by atoms with Crippen molar-refractivity contribution in [2.45, 2.75) is 38.1 Å². The van der Waals surface area contributed by atoms with Gasteiger partial charge in [0.05, 0.1) is 5.39 Å². The number of carbonyl (C=O) groups excluding carboxylic acids is 1. The highest BCUT2D eigenvalue weighted by molar-refractivity contribution is 5.96. The van der Waals surface area contributed by atoms with Gasteiger partial charge in [-0.3, -0.25) is 4.79 Å². The molecule has 0 saturated carbocycles. The number of rotatable bonds is 10. The molecular weight excluding hydrogens is 456 g/mol. The summed E-state index contributed by atoms with van der Waals surface area (Å²) in [6.45, 7) is 0. The van der Waals surface area contributed by atoms with Crippen molar-refractivity contribution in [1.82, 2.24) is 30.4 Å². The average molecular weight is 480 g/mol. The van der Waals surface area contributed by atoms with Crippen LogP contribution in [0.1, 0.15) is 40.2 Å². The van der Waals surface area contributed by atoms with E-state index < -0.39 is 23.6 Å². The van der Waals surface area contributed by atoms with Gasteiger partial charge in [-0.2, -0.15) is 20.1 Å². The van der Waals surface area contributed by atoms with E-state index in [-0.39, 0.29) is 24.7 Å². The van der Waals surface area contributed by atoms with E-state index in [0.717, 1.165) is 35.8 Å². The Morgan fingerprint density at radius 3 is 2.54 bits per heavy atom. The number of nitrogens with one attached hydrogen (secondary N) is 3. The third-order valence-corrected chi connectivity index (χ3v) is 5.52. The highest BCUT2D eigenvalue weighted by Crippen LogP contribution is 2.24. The van der Waals surface area contributed by atoms with Gasteiger partial charge in [0.2, 0.25) is 11.8 Å². The molecular formula is C22H24N8O5. The molecule has 0 fully saturated rings. The van der Waals surface area contributed by atoms with Crippen LogP contribution in [-0.4, -0.2) is 48.1 Å². The Morgan fingerprint density at radius 2 is 1.86 bits per heavy atom. The van der Waals surface area contributed by atoms with Crippen LogP contribution in [0.4, 0.5) is 11.8 Å². The first-order chi connectivity index (χ1) is 16.8. The molecule has 0 aliphatic rings. The largest absolute Gasteiger partial charge is 0.480 e. The predicted molar refractivity (Wildman–Crippen MR) is 126 cm³/mol. The molecule has 0 saturated heterocycles. The number of fused-ring (bicyclic) bond motifs is 1. The molecule has 3 heterocycles. The number of hydrogen-bond acceptors (Lipinski definition) is 9. The molecule has 35 heavy (non-hydrogen) atoms. The van der Waals surface area contributed by atoms with E-state index in [1.807, 2.05) is 23.5 Å². The van der Waals surface area contributed by atoms with Gasteiger partial charge in [0.15, 0.2) is 0 Å². The van der Waals surface area contributed by atoms with Gasteiger partial charge in [0, 0.05) is 18.2 Å². The number of aromatic amines is 2. The summed E-state index contributed by atoms with van der Waals surface area (Å²) >= 11 is 0. The van der Waals surface area contributed by atoms with Crippen molar-refractivity contribution in [3.63, 3.8) is 0 Å². The standard InChI is InChI=1S/C22H24N8O5/c23-17-16-13(10-25-18(16)29-21(24)28-17)3-1-2-11-4-6-12(7-5-11)19(31)26-14(20(32)33)8-9-15-27-22(34)30-35-15/h4-7,10,14H,1-3,8-9H2,(H,26,31)(H,30,34)(H,32,33)(H5,23,24,25,28,29)/t14-/m0/s1. The van der Waals surface area contributed by atoms with E-state index in [1.165, 1.54) is 0 Å². The first-order valence-corrected chi connectivity index (χ1v) is 10.9. The van der Waals surface area contributed by atoms with Gasteiger partial charge < -0.3 is 31.4 Å². The van der Waals surface area contributed by atoms with Crippen LogP contribution in [0, 0.1) is 0 Å². The normalized spacial score (nSPS) is 12.0. The number of nitrogens with zero attached hydrogens (tertiary/aromatic N) is 3. The average Bonchev–Trinajstić information content (AvgIpc) is 3.42. The maximum absolute atomic E-state index is 12.5. The zero-order valence-electron chi connectivity index (χ0n) is 18.6. The van der Waals surface area contributed by atoms with Crippen molar-refractivity contribution in [1.29, 1.82) is 0 Å². The Labute approximate surface area is 197 Å². The third-order valence-electron chi connectivity index (χ3n) is 5.52. The van der Waals surface area contributed by atoms with Crippen molar-refractivity contribution >= 4 is 34.7 Å². The molecule has 4 rings (SSSR count). The lowest BCUT2D eigenvalue weighted by Gasteiger charge is -2.14. The first-order valence-electron chi connectivity index (χ1n) is 10.9. The third kappa shape index (κ3) is 5.63. The second kappa shape index (κ2) is 10.1. The SMILES string of the molecule is Nc1nc(N)c2c(CCCc3ccc(C(=O)N[C@@H](CCc4nc(=O)[nH]o4)C(=O)O)cc3)c[nH]c2n1. The van der Waals surface area contributed by atoms with Gasteiger partial charge in [-0.25, -0.2) is 9.59 Å². The Bertz CT molecular complexity index is 1410. The van der Waals surface area contributed by atoms with Gasteiger partial charge in [0.25, 0.3) is 5.91 Å². The van der Waals surface area contributed by atoms with Crippen molar-refractivity contribution in [2.24, 2.45) is 0 Å². The molecule has 0 aliphatic heterocycles. The molecule has 1 amide bonds. The molecule has 13 heteroatoms. The zero-order valence-corrected chi connectivity index (χ0v) is 18.6. The van der Waals surface area contributed by atoms with E-state index in [0.29, 0.717) is 17.0 Å². The summed E-state index contributed by atoms with van der Waals surface area (Å²) in [6.07, 6.45) is 4.28. The number of aromatic nitrogens is 5. The molecule has 8 N–H and O–H groups in total. The molecule has 0 bridgehead atoms. The van der Waals surface area contributed by atoms with Crippen LogP contribution in [0.3, 0.4) is 0 Å². The molecule has 1 aromatic carbocycles. The fraction of sp³-hybridized carbons (Fsp3) is 0.273. The lowest BCUT2D eigenvalue weighted by atomic mass is 10.0. The van der Waals surface area contributed by atoms with Gasteiger partial charge in [-0.05, 0) is 48.9 Å². The van der Waals surface area contributed by atoms with E-state index >= 15 is 0 Å². The summed E-state index contributed by atoms with van der Waals surface area (Å²) in [7, 11) is 0. The molecule has 13 nitrogen and oxygen atoms in total. The lowest BCUT2D eigenvalue weighted by Crippen LogP contribution is -2.41. The van der Waals surface area contributed by atoms with Crippen LogP contribution < -0.4 is 22.5 Å². The number of aryl methyl sites for hydroxylation is 3. The maximum Gasteiger partial charge on any atom is 0.377 e. The van der Waals surface area contributed by atoms with Crippen LogP contribution in [0.2, 0.25) is 0 Å². The number of nitrogens with two attached hydrogens (primary N) is 2. The quantitative estimate of drug-likeness (QED) is 0.187. The molecule has 1 atom stereocenters. The zero-order chi connectivity index (χ0) is 24.9. The molecule has 4 aromatic rings. The first kappa shape index (κ1) is 23.5. The van der Waals surface area contributed by atoms with Crippen LogP contribution >= 0.6 is 0 Å². The minimum Gasteiger partial charge on any atom is -0.480 e. The molecule has 0 radical (unpaired) electrons. The fourth-order valence-corrected chi connectivity index (χ4v) is 3.78. The summed E-state index contributed by atoms with van der Waals surface area (Å²) in [5.74, 6) is -1.17. The molecule has 0 spiro atoms. The Hall–Kier alpha value is -4.68.